The molecular formula is C19H23N3O2S2. The van der Waals surface area contributed by atoms with Gasteiger partial charge in [0.25, 0.3) is 0 Å². The number of esters is 1. The summed E-state index contributed by atoms with van der Waals surface area (Å²) in [5, 5.41) is 7.61. The lowest BCUT2D eigenvalue weighted by atomic mass is 9.96. The van der Waals surface area contributed by atoms with Crippen molar-refractivity contribution in [3.8, 4) is 0 Å². The largest absolute Gasteiger partial charge is 0.465 e. The van der Waals surface area contributed by atoms with E-state index in [9.17, 15) is 4.79 Å². The van der Waals surface area contributed by atoms with Crippen molar-refractivity contribution in [2.75, 3.05) is 12.4 Å². The van der Waals surface area contributed by atoms with Gasteiger partial charge in [-0.25, -0.2) is 4.79 Å². The fourth-order valence-corrected chi connectivity index (χ4v) is 4.67. The van der Waals surface area contributed by atoms with Crippen LogP contribution < -0.4 is 10.6 Å². The molecule has 2 N–H and O–H groups in total. The zero-order valence-electron chi connectivity index (χ0n) is 14.8. The Morgan fingerprint density at radius 1 is 1.27 bits per heavy atom. The molecule has 2 aromatic heterocycles. The van der Waals surface area contributed by atoms with Crippen LogP contribution in [0.15, 0.2) is 24.4 Å². The molecule has 0 atom stereocenters. The number of nitrogens with zero attached hydrogens (tertiary/aromatic N) is 1. The van der Waals surface area contributed by atoms with E-state index in [-0.39, 0.29) is 5.97 Å². The summed E-state index contributed by atoms with van der Waals surface area (Å²) in [5.74, 6) is -0.293. The van der Waals surface area contributed by atoms with E-state index in [0.29, 0.717) is 17.2 Å². The minimum atomic E-state index is -0.293. The van der Waals surface area contributed by atoms with Gasteiger partial charge in [0.15, 0.2) is 5.11 Å². The number of nitrogens with one attached hydrogen (secondary N) is 2. The van der Waals surface area contributed by atoms with Crippen molar-refractivity contribution in [1.82, 2.24) is 10.3 Å². The number of carbonyl (C=O) groups is 1. The SMILES string of the molecule is COC(=O)c1c(NC(=S)NCc2ccccn2)sc2c1CCCCCC2. The first-order valence-electron chi connectivity index (χ1n) is 8.86. The van der Waals surface area contributed by atoms with Crippen molar-refractivity contribution in [2.45, 2.75) is 45.1 Å². The van der Waals surface area contributed by atoms with Crippen molar-refractivity contribution in [2.24, 2.45) is 0 Å². The molecule has 0 fully saturated rings. The molecule has 0 spiro atoms. The van der Waals surface area contributed by atoms with E-state index in [1.165, 1.54) is 24.8 Å². The van der Waals surface area contributed by atoms with Gasteiger partial charge in [-0.2, -0.15) is 0 Å². The number of fused-ring (bicyclic) bond motifs is 1. The second-order valence-electron chi connectivity index (χ2n) is 6.24. The van der Waals surface area contributed by atoms with Gasteiger partial charge in [-0.1, -0.05) is 18.9 Å². The molecule has 5 nitrogen and oxygen atoms in total. The first kappa shape index (κ1) is 18.8. The van der Waals surface area contributed by atoms with E-state index < -0.39 is 0 Å². The minimum Gasteiger partial charge on any atom is -0.465 e. The molecule has 0 bridgehead atoms. The second-order valence-corrected chi connectivity index (χ2v) is 7.76. The monoisotopic (exact) mass is 389 g/mol. The lowest BCUT2D eigenvalue weighted by Crippen LogP contribution is -2.28. The Morgan fingerprint density at radius 3 is 2.81 bits per heavy atom. The van der Waals surface area contributed by atoms with Gasteiger partial charge in [0.2, 0.25) is 0 Å². The van der Waals surface area contributed by atoms with Crippen molar-refractivity contribution < 1.29 is 9.53 Å². The summed E-state index contributed by atoms with van der Waals surface area (Å²) in [6.07, 6.45) is 8.42. The van der Waals surface area contributed by atoms with Crippen LogP contribution in [0, 0.1) is 0 Å². The van der Waals surface area contributed by atoms with Crippen LogP contribution in [0.2, 0.25) is 0 Å². The Hall–Kier alpha value is -1.99. The summed E-state index contributed by atoms with van der Waals surface area (Å²) in [6, 6.07) is 5.76. The van der Waals surface area contributed by atoms with Gasteiger partial charge in [0.05, 0.1) is 24.9 Å². The summed E-state index contributed by atoms with van der Waals surface area (Å²) < 4.78 is 5.04. The highest BCUT2D eigenvalue weighted by molar-refractivity contribution is 7.80. The van der Waals surface area contributed by atoms with Crippen LogP contribution in [0.3, 0.4) is 0 Å². The molecule has 0 unspecified atom stereocenters. The highest BCUT2D eigenvalue weighted by Gasteiger charge is 2.25. The Labute approximate surface area is 163 Å². The molecule has 0 aromatic carbocycles. The summed E-state index contributed by atoms with van der Waals surface area (Å²) in [4.78, 5) is 17.9. The summed E-state index contributed by atoms with van der Waals surface area (Å²) in [7, 11) is 1.43. The number of rotatable bonds is 4. The summed E-state index contributed by atoms with van der Waals surface area (Å²) >= 11 is 7.04. The van der Waals surface area contributed by atoms with Gasteiger partial charge in [-0.3, -0.25) is 4.98 Å². The molecule has 3 rings (SSSR count). The minimum absolute atomic E-state index is 0.293. The number of aromatic nitrogens is 1. The number of carbonyl (C=O) groups excluding carboxylic acids is 1. The van der Waals surface area contributed by atoms with Crippen molar-refractivity contribution in [1.29, 1.82) is 0 Å². The number of aryl methyl sites for hydroxylation is 1. The standard InChI is InChI=1S/C19H23N3O2S2/c1-24-18(23)16-14-9-4-2-3-5-10-15(14)26-17(16)22-19(25)21-12-13-8-6-7-11-20-13/h6-8,11H,2-5,9-10,12H2,1H3,(H2,21,22,25). The second kappa shape index (κ2) is 9.09. The molecule has 0 aliphatic heterocycles. The number of thiophene rings is 1. The van der Waals surface area contributed by atoms with E-state index in [0.717, 1.165) is 41.9 Å². The number of ether oxygens (including phenoxy) is 1. The number of anilines is 1. The van der Waals surface area contributed by atoms with Gasteiger partial charge in [-0.15, -0.1) is 11.3 Å². The molecule has 26 heavy (non-hydrogen) atoms. The number of pyridine rings is 1. The van der Waals surface area contributed by atoms with Crippen molar-refractivity contribution in [3.63, 3.8) is 0 Å². The van der Waals surface area contributed by atoms with Crippen LogP contribution in [-0.4, -0.2) is 23.2 Å². The quantitative estimate of drug-likeness (QED) is 0.607. The zero-order valence-corrected chi connectivity index (χ0v) is 16.5. The number of methoxy groups -OCH3 is 1. The normalized spacial score (nSPS) is 13.9. The van der Waals surface area contributed by atoms with E-state index in [1.54, 1.807) is 17.5 Å². The molecule has 0 saturated carbocycles. The highest BCUT2D eigenvalue weighted by atomic mass is 32.1. The smallest absolute Gasteiger partial charge is 0.341 e. The van der Waals surface area contributed by atoms with E-state index in [1.807, 2.05) is 18.2 Å². The Kier molecular flexibility index (Phi) is 6.57. The van der Waals surface area contributed by atoms with E-state index >= 15 is 0 Å². The van der Waals surface area contributed by atoms with Crippen molar-refractivity contribution >= 4 is 39.6 Å². The first-order chi connectivity index (χ1) is 12.7. The Balaban J connectivity index is 1.76. The molecule has 2 aromatic rings. The number of thiocarbonyl (C=S) groups is 1. The fourth-order valence-electron chi connectivity index (χ4n) is 3.15. The van der Waals surface area contributed by atoms with Gasteiger partial charge in [-0.05, 0) is 55.6 Å². The summed E-state index contributed by atoms with van der Waals surface area (Å²) in [6.45, 7) is 0.533. The average Bonchev–Trinajstić information content (AvgIpc) is 2.96. The van der Waals surface area contributed by atoms with E-state index in [4.69, 9.17) is 17.0 Å². The van der Waals surface area contributed by atoms with Crippen LogP contribution in [0.1, 0.15) is 52.2 Å². The lowest BCUT2D eigenvalue weighted by Gasteiger charge is -2.12. The maximum Gasteiger partial charge on any atom is 0.341 e. The molecule has 2 heterocycles. The fraction of sp³-hybridized carbons (Fsp3) is 0.421. The maximum absolute atomic E-state index is 12.4. The van der Waals surface area contributed by atoms with E-state index in [2.05, 4.69) is 15.6 Å². The summed E-state index contributed by atoms with van der Waals surface area (Å²) in [5.41, 5.74) is 2.69. The topological polar surface area (TPSA) is 63.2 Å². The van der Waals surface area contributed by atoms with Gasteiger partial charge >= 0.3 is 5.97 Å². The molecular weight excluding hydrogens is 366 g/mol. The Bertz CT molecular complexity index is 775. The third-order valence-electron chi connectivity index (χ3n) is 4.44. The van der Waals surface area contributed by atoms with Crippen LogP contribution in [0.4, 0.5) is 5.00 Å². The van der Waals surface area contributed by atoms with Crippen LogP contribution in [-0.2, 0) is 24.1 Å². The van der Waals surface area contributed by atoms with Gasteiger partial charge in [0.1, 0.15) is 5.00 Å². The molecule has 0 saturated heterocycles. The highest BCUT2D eigenvalue weighted by Crippen LogP contribution is 2.37. The maximum atomic E-state index is 12.4. The van der Waals surface area contributed by atoms with Crippen LogP contribution >= 0.6 is 23.6 Å². The zero-order chi connectivity index (χ0) is 18.4. The first-order valence-corrected chi connectivity index (χ1v) is 10.1. The average molecular weight is 390 g/mol. The molecule has 0 radical (unpaired) electrons. The lowest BCUT2D eigenvalue weighted by molar-refractivity contribution is 0.0601. The third kappa shape index (κ3) is 4.59. The third-order valence-corrected chi connectivity index (χ3v) is 5.90. The van der Waals surface area contributed by atoms with Gasteiger partial charge < -0.3 is 15.4 Å². The van der Waals surface area contributed by atoms with Crippen molar-refractivity contribution in [3.05, 3.63) is 46.1 Å². The number of hydrogen-bond acceptors (Lipinski definition) is 5. The molecule has 138 valence electrons. The molecule has 1 aliphatic rings. The molecule has 0 amide bonds. The number of hydrogen-bond donors (Lipinski definition) is 2. The Morgan fingerprint density at radius 2 is 2.08 bits per heavy atom. The van der Waals surface area contributed by atoms with Crippen LogP contribution in [0.25, 0.3) is 0 Å². The van der Waals surface area contributed by atoms with Crippen LogP contribution in [0.5, 0.6) is 0 Å². The molecule has 1 aliphatic carbocycles. The predicted octanol–water partition coefficient (Wildman–Crippen LogP) is 4.08. The van der Waals surface area contributed by atoms with Gasteiger partial charge in [0, 0.05) is 11.1 Å². The predicted molar refractivity (Wildman–Crippen MR) is 109 cm³/mol. The molecule has 7 heteroatoms.